The van der Waals surface area contributed by atoms with Crippen molar-refractivity contribution in [1.82, 2.24) is 14.5 Å². The molecule has 0 amide bonds. The second-order valence-corrected chi connectivity index (χ2v) is 4.51. The molecule has 0 radical (unpaired) electrons. The summed E-state index contributed by atoms with van der Waals surface area (Å²) in [5.41, 5.74) is 2.10. The number of aromatic nitrogens is 3. The maximum absolute atomic E-state index is 9.20. The standard InChI is InChI=1S/C13H15N3O/c17-9-10-3-6-16-8-12(15-13(16)7-10)11-1-4-14-5-2-11/h1-2,4-5,8,10,17H,3,6-7,9H2. The molecule has 4 nitrogen and oxygen atoms in total. The number of hydrogen-bond donors (Lipinski definition) is 1. The molecule has 2 aromatic heterocycles. The Kier molecular flexibility index (Phi) is 2.65. The first-order valence-corrected chi connectivity index (χ1v) is 5.94. The van der Waals surface area contributed by atoms with E-state index in [0.717, 1.165) is 36.5 Å². The number of nitrogens with zero attached hydrogens (tertiary/aromatic N) is 3. The third kappa shape index (κ3) is 1.96. The van der Waals surface area contributed by atoms with Gasteiger partial charge in [0.15, 0.2) is 0 Å². The van der Waals surface area contributed by atoms with Crippen molar-refractivity contribution >= 4 is 0 Å². The maximum Gasteiger partial charge on any atom is 0.109 e. The van der Waals surface area contributed by atoms with Crippen LogP contribution in [0.15, 0.2) is 30.7 Å². The van der Waals surface area contributed by atoms with Gasteiger partial charge in [-0.15, -0.1) is 0 Å². The Morgan fingerprint density at radius 1 is 1.35 bits per heavy atom. The molecule has 0 bridgehead atoms. The van der Waals surface area contributed by atoms with Gasteiger partial charge in [0, 0.05) is 43.7 Å². The summed E-state index contributed by atoms with van der Waals surface area (Å²) in [5.74, 6) is 1.46. The molecule has 17 heavy (non-hydrogen) atoms. The molecule has 1 unspecified atom stereocenters. The van der Waals surface area contributed by atoms with E-state index in [1.165, 1.54) is 0 Å². The van der Waals surface area contributed by atoms with E-state index >= 15 is 0 Å². The van der Waals surface area contributed by atoms with Crippen LogP contribution >= 0.6 is 0 Å². The number of rotatable bonds is 2. The lowest BCUT2D eigenvalue weighted by Gasteiger charge is -2.20. The summed E-state index contributed by atoms with van der Waals surface area (Å²) in [7, 11) is 0. The van der Waals surface area contributed by atoms with Crippen LogP contribution in [0.5, 0.6) is 0 Å². The van der Waals surface area contributed by atoms with Gasteiger partial charge in [-0.05, 0) is 24.5 Å². The minimum Gasteiger partial charge on any atom is -0.396 e. The van der Waals surface area contributed by atoms with Gasteiger partial charge >= 0.3 is 0 Å². The first-order valence-electron chi connectivity index (χ1n) is 5.94. The Morgan fingerprint density at radius 2 is 2.18 bits per heavy atom. The Balaban J connectivity index is 1.93. The smallest absolute Gasteiger partial charge is 0.109 e. The van der Waals surface area contributed by atoms with Crippen molar-refractivity contribution in [3.63, 3.8) is 0 Å². The van der Waals surface area contributed by atoms with Crippen molar-refractivity contribution in [2.75, 3.05) is 6.61 Å². The third-order valence-corrected chi connectivity index (χ3v) is 3.34. The number of imidazole rings is 1. The van der Waals surface area contributed by atoms with E-state index in [1.807, 2.05) is 12.1 Å². The average molecular weight is 229 g/mol. The highest BCUT2D eigenvalue weighted by Gasteiger charge is 2.20. The minimum absolute atomic E-state index is 0.261. The van der Waals surface area contributed by atoms with Crippen LogP contribution in [0, 0.1) is 5.92 Å². The Morgan fingerprint density at radius 3 is 2.94 bits per heavy atom. The molecule has 1 aliphatic heterocycles. The highest BCUT2D eigenvalue weighted by atomic mass is 16.3. The van der Waals surface area contributed by atoms with Gasteiger partial charge < -0.3 is 9.67 Å². The SMILES string of the molecule is OCC1CCn2cc(-c3ccncc3)nc2C1. The quantitative estimate of drug-likeness (QED) is 0.849. The maximum atomic E-state index is 9.20. The van der Waals surface area contributed by atoms with Gasteiger partial charge in [-0.3, -0.25) is 4.98 Å². The van der Waals surface area contributed by atoms with Crippen molar-refractivity contribution in [2.45, 2.75) is 19.4 Å². The lowest BCUT2D eigenvalue weighted by Crippen LogP contribution is -2.21. The molecular weight excluding hydrogens is 214 g/mol. The number of pyridine rings is 1. The molecule has 0 aromatic carbocycles. The molecule has 1 aliphatic rings. The largest absolute Gasteiger partial charge is 0.396 e. The molecule has 4 heteroatoms. The number of fused-ring (bicyclic) bond motifs is 1. The Labute approximate surface area is 100.0 Å². The average Bonchev–Trinajstić information content (AvgIpc) is 2.82. The van der Waals surface area contributed by atoms with Crippen molar-refractivity contribution < 1.29 is 5.11 Å². The van der Waals surface area contributed by atoms with E-state index in [1.54, 1.807) is 12.4 Å². The number of aryl methyl sites for hydroxylation is 1. The Bertz CT molecular complexity index is 507. The summed E-state index contributed by atoms with van der Waals surface area (Å²) in [5, 5.41) is 9.20. The molecule has 3 heterocycles. The van der Waals surface area contributed by atoms with E-state index in [0.29, 0.717) is 5.92 Å². The van der Waals surface area contributed by atoms with E-state index in [9.17, 15) is 5.11 Å². The molecule has 2 aromatic rings. The second kappa shape index (κ2) is 4.30. The fourth-order valence-electron chi connectivity index (χ4n) is 2.31. The van der Waals surface area contributed by atoms with Crippen LogP contribution in [0.25, 0.3) is 11.3 Å². The lowest BCUT2D eigenvalue weighted by atomic mass is 9.99. The van der Waals surface area contributed by atoms with Crippen LogP contribution in [-0.4, -0.2) is 26.2 Å². The first kappa shape index (κ1) is 10.5. The highest BCUT2D eigenvalue weighted by Crippen LogP contribution is 2.24. The van der Waals surface area contributed by atoms with E-state index < -0.39 is 0 Å². The van der Waals surface area contributed by atoms with Crippen LogP contribution in [0.3, 0.4) is 0 Å². The molecule has 1 atom stereocenters. The molecule has 88 valence electrons. The fraction of sp³-hybridized carbons (Fsp3) is 0.385. The van der Waals surface area contributed by atoms with E-state index in [-0.39, 0.29) is 6.61 Å². The normalized spacial score (nSPS) is 19.0. The predicted molar refractivity (Wildman–Crippen MR) is 64.4 cm³/mol. The summed E-state index contributed by atoms with van der Waals surface area (Å²) in [6.45, 7) is 1.22. The number of aliphatic hydroxyl groups is 1. The van der Waals surface area contributed by atoms with Gasteiger partial charge in [-0.25, -0.2) is 4.98 Å². The molecular formula is C13H15N3O. The number of aliphatic hydroxyl groups excluding tert-OH is 1. The van der Waals surface area contributed by atoms with Crippen molar-refractivity contribution in [2.24, 2.45) is 5.92 Å². The zero-order valence-electron chi connectivity index (χ0n) is 9.58. The minimum atomic E-state index is 0.261. The van der Waals surface area contributed by atoms with Gasteiger partial charge in [0.2, 0.25) is 0 Å². The molecule has 3 rings (SSSR count). The van der Waals surface area contributed by atoms with Crippen LogP contribution in [0.2, 0.25) is 0 Å². The van der Waals surface area contributed by atoms with Crippen LogP contribution in [-0.2, 0) is 13.0 Å². The highest BCUT2D eigenvalue weighted by molar-refractivity contribution is 5.57. The zero-order valence-corrected chi connectivity index (χ0v) is 9.58. The first-order chi connectivity index (χ1) is 8.36. The van der Waals surface area contributed by atoms with Gasteiger partial charge in [0.05, 0.1) is 5.69 Å². The molecule has 0 aliphatic carbocycles. The monoisotopic (exact) mass is 229 g/mol. The fourth-order valence-corrected chi connectivity index (χ4v) is 2.31. The molecule has 0 saturated carbocycles. The van der Waals surface area contributed by atoms with E-state index in [4.69, 9.17) is 0 Å². The summed E-state index contributed by atoms with van der Waals surface area (Å²) < 4.78 is 2.20. The zero-order chi connectivity index (χ0) is 11.7. The van der Waals surface area contributed by atoms with E-state index in [2.05, 4.69) is 20.7 Å². The molecule has 0 spiro atoms. The lowest BCUT2D eigenvalue weighted by molar-refractivity contribution is 0.199. The topological polar surface area (TPSA) is 50.9 Å². The van der Waals surface area contributed by atoms with Crippen LogP contribution in [0.4, 0.5) is 0 Å². The van der Waals surface area contributed by atoms with Crippen LogP contribution in [0.1, 0.15) is 12.2 Å². The summed E-state index contributed by atoms with van der Waals surface area (Å²) in [4.78, 5) is 8.65. The molecule has 0 saturated heterocycles. The van der Waals surface area contributed by atoms with Gasteiger partial charge in [-0.1, -0.05) is 0 Å². The van der Waals surface area contributed by atoms with Crippen molar-refractivity contribution in [3.05, 3.63) is 36.5 Å². The van der Waals surface area contributed by atoms with Crippen LogP contribution < -0.4 is 0 Å². The molecule has 0 fully saturated rings. The second-order valence-electron chi connectivity index (χ2n) is 4.51. The number of hydrogen-bond acceptors (Lipinski definition) is 3. The molecule has 1 N–H and O–H groups in total. The van der Waals surface area contributed by atoms with Gasteiger partial charge in [0.25, 0.3) is 0 Å². The Hall–Kier alpha value is -1.68. The predicted octanol–water partition coefficient (Wildman–Crippen LogP) is 1.50. The summed E-state index contributed by atoms with van der Waals surface area (Å²) in [6, 6.07) is 3.94. The van der Waals surface area contributed by atoms with Gasteiger partial charge in [0.1, 0.15) is 5.82 Å². The summed E-state index contributed by atoms with van der Waals surface area (Å²) >= 11 is 0. The summed E-state index contributed by atoms with van der Waals surface area (Å²) in [6.07, 6.45) is 7.57. The third-order valence-electron chi connectivity index (χ3n) is 3.34. The van der Waals surface area contributed by atoms with Crippen molar-refractivity contribution in [3.8, 4) is 11.3 Å². The van der Waals surface area contributed by atoms with Crippen molar-refractivity contribution in [1.29, 1.82) is 0 Å². The van der Waals surface area contributed by atoms with Gasteiger partial charge in [-0.2, -0.15) is 0 Å².